The number of benzene rings is 1. The maximum atomic E-state index is 12.5. The van der Waals surface area contributed by atoms with E-state index in [0.717, 1.165) is 23.7 Å². The van der Waals surface area contributed by atoms with Gasteiger partial charge in [0.1, 0.15) is 5.75 Å². The number of rotatable bonds is 7. The van der Waals surface area contributed by atoms with Crippen LogP contribution in [0, 0.1) is 0 Å². The molecule has 0 unspecified atom stereocenters. The number of ether oxygens (including phenoxy) is 1. The Morgan fingerprint density at radius 2 is 1.96 bits per heavy atom. The van der Waals surface area contributed by atoms with Gasteiger partial charge in [-0.1, -0.05) is 13.8 Å². The van der Waals surface area contributed by atoms with Gasteiger partial charge >= 0.3 is 0 Å². The molecule has 2 N–H and O–H groups in total. The number of carbonyl (C=O) groups is 1. The Morgan fingerprint density at radius 1 is 1.29 bits per heavy atom. The fraction of sp³-hybridized carbons (Fsp3) is 0.444. The number of amides is 1. The summed E-state index contributed by atoms with van der Waals surface area (Å²) in [6.07, 6.45) is 1.65. The number of nitrogens with zero attached hydrogens (tertiary/aromatic N) is 2. The molecule has 0 bridgehead atoms. The molecule has 0 aliphatic carbocycles. The molecule has 1 aromatic carbocycles. The highest BCUT2D eigenvalue weighted by atomic mass is 16.5. The summed E-state index contributed by atoms with van der Waals surface area (Å²) in [7, 11) is 5.77. The zero-order valence-corrected chi connectivity index (χ0v) is 15.1. The minimum Gasteiger partial charge on any atom is -0.497 e. The second-order valence-electron chi connectivity index (χ2n) is 6.42. The average molecular weight is 331 g/mol. The van der Waals surface area contributed by atoms with Gasteiger partial charge in [-0.2, -0.15) is 5.10 Å². The van der Waals surface area contributed by atoms with Crippen molar-refractivity contribution in [3.8, 4) is 11.4 Å². The molecule has 130 valence electrons. The first-order valence-corrected chi connectivity index (χ1v) is 8.23. The number of methoxy groups -OCH3 is 1. The highest BCUT2D eigenvalue weighted by Gasteiger charge is 2.20. The molecule has 1 aromatic heterocycles. The van der Waals surface area contributed by atoms with E-state index in [0.29, 0.717) is 12.1 Å². The Hall–Kier alpha value is -2.34. The average Bonchev–Trinajstić information content (AvgIpc) is 2.99. The maximum Gasteiger partial charge on any atom is 0.254 e. The van der Waals surface area contributed by atoms with Gasteiger partial charge in [0, 0.05) is 0 Å². The molecular weight excluding hydrogens is 304 g/mol. The zero-order valence-electron chi connectivity index (χ0n) is 15.1. The molecule has 0 radical (unpaired) electrons. The third-order valence-electron chi connectivity index (χ3n) is 3.83. The quantitative estimate of drug-likeness (QED) is 0.792. The SMILES string of the molecule is COc1ccc(-n2ncc(C(=O)NCC[NH+](C)C)c2C(C)C)cc1. The standard InChI is InChI=1S/C18H26N4O2/c1-13(2)17-16(18(23)19-10-11-21(3)4)12-20-22(17)14-6-8-15(24-5)9-7-14/h6-9,12-13H,10-11H2,1-5H3,(H,19,23)/p+1. The van der Waals surface area contributed by atoms with Crippen molar-refractivity contribution in [3.63, 3.8) is 0 Å². The van der Waals surface area contributed by atoms with Crippen molar-refractivity contribution in [1.29, 1.82) is 0 Å². The predicted molar refractivity (Wildman–Crippen MR) is 94.2 cm³/mol. The van der Waals surface area contributed by atoms with E-state index in [4.69, 9.17) is 4.74 Å². The smallest absolute Gasteiger partial charge is 0.254 e. The first-order chi connectivity index (χ1) is 11.4. The van der Waals surface area contributed by atoms with Gasteiger partial charge in [0.25, 0.3) is 5.91 Å². The van der Waals surface area contributed by atoms with Gasteiger partial charge in [-0.25, -0.2) is 4.68 Å². The van der Waals surface area contributed by atoms with Gasteiger partial charge in [-0.3, -0.25) is 4.79 Å². The third-order valence-corrected chi connectivity index (χ3v) is 3.83. The lowest BCUT2D eigenvalue weighted by molar-refractivity contribution is -0.856. The summed E-state index contributed by atoms with van der Waals surface area (Å²) in [6.45, 7) is 5.66. The summed E-state index contributed by atoms with van der Waals surface area (Å²) < 4.78 is 7.02. The minimum atomic E-state index is -0.0697. The van der Waals surface area contributed by atoms with Gasteiger partial charge in [-0.15, -0.1) is 0 Å². The van der Waals surface area contributed by atoms with Crippen LogP contribution in [0.25, 0.3) is 5.69 Å². The molecule has 0 saturated carbocycles. The molecule has 0 atom stereocenters. The van der Waals surface area contributed by atoms with Crippen LogP contribution in [0.15, 0.2) is 30.5 Å². The second kappa shape index (κ2) is 7.97. The van der Waals surface area contributed by atoms with Gasteiger partial charge in [0.2, 0.25) is 0 Å². The first kappa shape index (κ1) is 18.0. The van der Waals surface area contributed by atoms with Crippen molar-refractivity contribution in [2.45, 2.75) is 19.8 Å². The number of quaternary nitrogens is 1. The van der Waals surface area contributed by atoms with Crippen LogP contribution in [-0.2, 0) is 0 Å². The van der Waals surface area contributed by atoms with Gasteiger partial charge in [0.15, 0.2) is 0 Å². The van der Waals surface area contributed by atoms with E-state index in [1.54, 1.807) is 13.3 Å². The van der Waals surface area contributed by atoms with Crippen LogP contribution in [0.5, 0.6) is 5.75 Å². The van der Waals surface area contributed by atoms with E-state index in [1.165, 1.54) is 4.90 Å². The summed E-state index contributed by atoms with van der Waals surface area (Å²) in [5, 5.41) is 7.41. The fourth-order valence-corrected chi connectivity index (χ4v) is 2.54. The lowest BCUT2D eigenvalue weighted by Crippen LogP contribution is -3.06. The summed E-state index contributed by atoms with van der Waals surface area (Å²) in [4.78, 5) is 13.8. The number of nitrogens with one attached hydrogen (secondary N) is 2. The predicted octanol–water partition coefficient (Wildman–Crippen LogP) is 0.879. The van der Waals surface area contributed by atoms with E-state index in [9.17, 15) is 4.79 Å². The van der Waals surface area contributed by atoms with Crippen LogP contribution in [0.4, 0.5) is 0 Å². The maximum absolute atomic E-state index is 12.5. The molecule has 0 aliphatic rings. The van der Waals surface area contributed by atoms with E-state index in [-0.39, 0.29) is 11.8 Å². The summed E-state index contributed by atoms with van der Waals surface area (Å²) in [6, 6.07) is 7.66. The third kappa shape index (κ3) is 4.14. The number of hydrogen-bond acceptors (Lipinski definition) is 3. The van der Waals surface area contributed by atoms with Gasteiger partial charge in [-0.05, 0) is 30.2 Å². The Morgan fingerprint density at radius 3 is 2.50 bits per heavy atom. The molecule has 0 saturated heterocycles. The minimum absolute atomic E-state index is 0.0697. The molecule has 6 nitrogen and oxygen atoms in total. The number of hydrogen-bond donors (Lipinski definition) is 2. The van der Waals surface area contributed by atoms with Crippen molar-refractivity contribution >= 4 is 5.91 Å². The van der Waals surface area contributed by atoms with Gasteiger partial charge in [0.05, 0.1) is 57.4 Å². The highest BCUT2D eigenvalue weighted by Crippen LogP contribution is 2.24. The van der Waals surface area contributed by atoms with Crippen LogP contribution in [-0.4, -0.2) is 50.0 Å². The number of carbonyl (C=O) groups excluding carboxylic acids is 1. The molecule has 2 rings (SSSR count). The van der Waals surface area contributed by atoms with Crippen LogP contribution in [0.3, 0.4) is 0 Å². The zero-order chi connectivity index (χ0) is 17.7. The van der Waals surface area contributed by atoms with E-state index < -0.39 is 0 Å². The van der Waals surface area contributed by atoms with Crippen LogP contribution >= 0.6 is 0 Å². The summed E-state index contributed by atoms with van der Waals surface area (Å²) in [5.41, 5.74) is 2.46. The van der Waals surface area contributed by atoms with Crippen molar-refractivity contribution in [3.05, 3.63) is 41.7 Å². The fourth-order valence-electron chi connectivity index (χ4n) is 2.54. The van der Waals surface area contributed by atoms with Crippen LogP contribution in [0.1, 0.15) is 35.8 Å². The lowest BCUT2D eigenvalue weighted by atomic mass is 10.0. The van der Waals surface area contributed by atoms with Gasteiger partial charge < -0.3 is 15.0 Å². The van der Waals surface area contributed by atoms with Crippen molar-refractivity contribution in [1.82, 2.24) is 15.1 Å². The molecule has 2 aromatic rings. The second-order valence-corrected chi connectivity index (χ2v) is 6.42. The highest BCUT2D eigenvalue weighted by molar-refractivity contribution is 5.95. The first-order valence-electron chi connectivity index (χ1n) is 8.23. The number of aromatic nitrogens is 2. The molecule has 0 aliphatic heterocycles. The normalized spacial score (nSPS) is 11.1. The largest absolute Gasteiger partial charge is 0.497 e. The Kier molecular flexibility index (Phi) is 5.98. The summed E-state index contributed by atoms with van der Waals surface area (Å²) in [5.74, 6) is 0.899. The monoisotopic (exact) mass is 331 g/mol. The van der Waals surface area contributed by atoms with Crippen molar-refractivity contribution < 1.29 is 14.4 Å². The van der Waals surface area contributed by atoms with Crippen molar-refractivity contribution in [2.24, 2.45) is 0 Å². The summed E-state index contributed by atoms with van der Waals surface area (Å²) >= 11 is 0. The van der Waals surface area contributed by atoms with E-state index >= 15 is 0 Å². The van der Waals surface area contributed by atoms with E-state index in [1.807, 2.05) is 28.9 Å². The number of likely N-dealkylation sites (N-methyl/N-ethyl adjacent to an activating group) is 1. The molecule has 0 fully saturated rings. The molecular formula is C18H27N4O2+. The van der Waals surface area contributed by atoms with Crippen molar-refractivity contribution in [2.75, 3.05) is 34.3 Å². The molecule has 0 spiro atoms. The Bertz CT molecular complexity index is 675. The lowest BCUT2D eigenvalue weighted by Gasteiger charge is -2.13. The Labute approximate surface area is 143 Å². The molecule has 6 heteroatoms. The molecule has 1 amide bonds. The molecule has 1 heterocycles. The van der Waals surface area contributed by atoms with Crippen LogP contribution in [0.2, 0.25) is 0 Å². The topological polar surface area (TPSA) is 60.6 Å². The van der Waals surface area contributed by atoms with E-state index in [2.05, 4.69) is 38.4 Å². The molecule has 24 heavy (non-hydrogen) atoms. The van der Waals surface area contributed by atoms with Crippen LogP contribution < -0.4 is 15.0 Å². The Balaban J connectivity index is 2.27.